The number of rotatable bonds is 2. The number of amides is 1. The van der Waals surface area contributed by atoms with Gasteiger partial charge in [-0.2, -0.15) is 0 Å². The van der Waals surface area contributed by atoms with Gasteiger partial charge in [0, 0.05) is 12.6 Å². The largest absolute Gasteiger partial charge is 0.327 e. The summed E-state index contributed by atoms with van der Waals surface area (Å²) in [6.07, 6.45) is 5.96. The average molecular weight is 223 g/mol. The highest BCUT2D eigenvalue weighted by Crippen LogP contribution is 2.40. The minimum Gasteiger partial charge on any atom is -0.327 e. The minimum atomic E-state index is -0.118. The van der Waals surface area contributed by atoms with Crippen LogP contribution in [0, 0.1) is 0 Å². The normalized spacial score (nSPS) is 33.7. The van der Waals surface area contributed by atoms with Crippen LogP contribution in [-0.2, 0) is 4.79 Å². The fraction of sp³-hybridized carbons (Fsp3) is 0.917. The first-order valence-electron chi connectivity index (χ1n) is 6.46. The molecule has 1 aliphatic carbocycles. The van der Waals surface area contributed by atoms with Crippen LogP contribution in [0.4, 0.5) is 0 Å². The molecule has 1 unspecified atom stereocenters. The van der Waals surface area contributed by atoms with Crippen LogP contribution in [-0.4, -0.2) is 54.1 Å². The second kappa shape index (κ2) is 3.70. The number of likely N-dealkylation sites (tertiary alicyclic amines) is 1. The lowest BCUT2D eigenvalue weighted by molar-refractivity contribution is -0.130. The Balaban J connectivity index is 1.60. The van der Waals surface area contributed by atoms with E-state index in [0.29, 0.717) is 11.9 Å². The zero-order chi connectivity index (χ0) is 11.2. The molecule has 0 aromatic rings. The van der Waals surface area contributed by atoms with Crippen molar-refractivity contribution in [2.24, 2.45) is 0 Å². The first kappa shape index (κ1) is 10.5. The van der Waals surface area contributed by atoms with Crippen molar-refractivity contribution in [2.75, 3.05) is 26.8 Å². The van der Waals surface area contributed by atoms with Crippen LogP contribution in [0.1, 0.15) is 32.1 Å². The Morgan fingerprint density at radius 1 is 1.44 bits per heavy atom. The Morgan fingerprint density at radius 3 is 2.88 bits per heavy atom. The molecule has 4 heteroatoms. The van der Waals surface area contributed by atoms with E-state index in [1.807, 2.05) is 4.90 Å². The first-order chi connectivity index (χ1) is 7.71. The Labute approximate surface area is 97.0 Å². The zero-order valence-electron chi connectivity index (χ0n) is 10.0. The van der Waals surface area contributed by atoms with Crippen molar-refractivity contribution in [2.45, 2.75) is 43.7 Å². The number of carbonyl (C=O) groups is 1. The van der Waals surface area contributed by atoms with Crippen LogP contribution in [0.3, 0.4) is 0 Å². The first-order valence-corrected chi connectivity index (χ1v) is 6.46. The van der Waals surface area contributed by atoms with Crippen LogP contribution >= 0.6 is 0 Å². The van der Waals surface area contributed by atoms with Gasteiger partial charge >= 0.3 is 0 Å². The number of likely N-dealkylation sites (N-methyl/N-ethyl adjacent to an activating group) is 1. The van der Waals surface area contributed by atoms with E-state index in [-0.39, 0.29) is 5.54 Å². The van der Waals surface area contributed by atoms with Gasteiger partial charge in [-0.3, -0.25) is 10.1 Å². The van der Waals surface area contributed by atoms with Gasteiger partial charge in [-0.05, 0) is 39.3 Å². The highest BCUT2D eigenvalue weighted by Gasteiger charge is 2.55. The van der Waals surface area contributed by atoms with Crippen molar-refractivity contribution in [3.8, 4) is 0 Å². The molecule has 1 amide bonds. The molecular weight excluding hydrogens is 202 g/mol. The lowest BCUT2D eigenvalue weighted by Gasteiger charge is -2.34. The van der Waals surface area contributed by atoms with E-state index in [0.717, 1.165) is 26.1 Å². The molecular formula is C12H21N3O. The molecule has 0 aromatic carbocycles. The summed E-state index contributed by atoms with van der Waals surface area (Å²) >= 11 is 0. The SMILES string of the molecule is CN1CCCCC1CN1CNC2(CC2)C1=O. The second-order valence-corrected chi connectivity index (χ2v) is 5.57. The van der Waals surface area contributed by atoms with E-state index in [9.17, 15) is 4.79 Å². The third kappa shape index (κ3) is 1.64. The monoisotopic (exact) mass is 223 g/mol. The molecule has 1 spiro atoms. The molecule has 2 saturated heterocycles. The molecule has 1 saturated carbocycles. The number of hydrogen-bond donors (Lipinski definition) is 1. The summed E-state index contributed by atoms with van der Waals surface area (Å²) in [7, 11) is 2.19. The van der Waals surface area contributed by atoms with Gasteiger partial charge in [-0.1, -0.05) is 6.42 Å². The molecule has 0 bridgehead atoms. The van der Waals surface area contributed by atoms with Crippen LogP contribution < -0.4 is 5.32 Å². The summed E-state index contributed by atoms with van der Waals surface area (Å²) in [5, 5.41) is 3.37. The zero-order valence-corrected chi connectivity index (χ0v) is 10.0. The van der Waals surface area contributed by atoms with Gasteiger partial charge in [0.1, 0.15) is 0 Å². The smallest absolute Gasteiger partial charge is 0.244 e. The van der Waals surface area contributed by atoms with Crippen LogP contribution in [0.5, 0.6) is 0 Å². The van der Waals surface area contributed by atoms with Crippen molar-refractivity contribution in [1.29, 1.82) is 0 Å². The van der Waals surface area contributed by atoms with Crippen molar-refractivity contribution in [1.82, 2.24) is 15.1 Å². The van der Waals surface area contributed by atoms with E-state index in [2.05, 4.69) is 17.3 Å². The maximum absolute atomic E-state index is 12.1. The van der Waals surface area contributed by atoms with Gasteiger partial charge in [-0.15, -0.1) is 0 Å². The molecule has 16 heavy (non-hydrogen) atoms. The van der Waals surface area contributed by atoms with Crippen molar-refractivity contribution >= 4 is 5.91 Å². The predicted molar refractivity (Wildman–Crippen MR) is 61.9 cm³/mol. The van der Waals surface area contributed by atoms with Crippen molar-refractivity contribution < 1.29 is 4.79 Å². The van der Waals surface area contributed by atoms with Crippen LogP contribution in [0.2, 0.25) is 0 Å². The summed E-state index contributed by atoms with van der Waals surface area (Å²) in [5.74, 6) is 0.353. The predicted octanol–water partition coefficient (Wildman–Crippen LogP) is 0.393. The lowest BCUT2D eigenvalue weighted by atomic mass is 10.0. The van der Waals surface area contributed by atoms with Crippen molar-refractivity contribution in [3.63, 3.8) is 0 Å². The number of nitrogens with one attached hydrogen (secondary N) is 1. The molecule has 1 N–H and O–H groups in total. The highest BCUT2D eigenvalue weighted by molar-refractivity contribution is 5.91. The van der Waals surface area contributed by atoms with Crippen LogP contribution in [0.15, 0.2) is 0 Å². The third-order valence-electron chi connectivity index (χ3n) is 4.41. The Hall–Kier alpha value is -0.610. The quantitative estimate of drug-likeness (QED) is 0.736. The molecule has 0 aromatic heterocycles. The average Bonchev–Trinajstić information content (AvgIpc) is 3.00. The fourth-order valence-corrected chi connectivity index (χ4v) is 2.99. The van der Waals surface area contributed by atoms with E-state index in [1.54, 1.807) is 0 Å². The van der Waals surface area contributed by atoms with Gasteiger partial charge in [-0.25, -0.2) is 0 Å². The van der Waals surface area contributed by atoms with E-state index < -0.39 is 0 Å². The van der Waals surface area contributed by atoms with Gasteiger partial charge in [0.05, 0.1) is 12.2 Å². The van der Waals surface area contributed by atoms with Gasteiger partial charge in [0.2, 0.25) is 5.91 Å². The van der Waals surface area contributed by atoms with Gasteiger partial charge < -0.3 is 9.80 Å². The summed E-state index contributed by atoms with van der Waals surface area (Å²) < 4.78 is 0. The molecule has 90 valence electrons. The standard InChI is InChI=1S/C12H21N3O/c1-14-7-3-2-4-10(14)8-15-9-13-12(5-6-12)11(15)16/h10,13H,2-9H2,1H3. The van der Waals surface area contributed by atoms with Crippen LogP contribution in [0.25, 0.3) is 0 Å². The topological polar surface area (TPSA) is 35.6 Å². The molecule has 3 fully saturated rings. The molecule has 2 heterocycles. The lowest BCUT2D eigenvalue weighted by Crippen LogP contribution is -2.46. The second-order valence-electron chi connectivity index (χ2n) is 5.57. The Kier molecular flexibility index (Phi) is 2.44. The Bertz CT molecular complexity index is 301. The van der Waals surface area contributed by atoms with E-state index >= 15 is 0 Å². The third-order valence-corrected chi connectivity index (χ3v) is 4.41. The molecule has 0 radical (unpaired) electrons. The summed E-state index contributed by atoms with van der Waals surface area (Å²) in [6, 6.07) is 0.577. The maximum Gasteiger partial charge on any atom is 0.244 e. The molecule has 4 nitrogen and oxygen atoms in total. The van der Waals surface area contributed by atoms with E-state index in [4.69, 9.17) is 0 Å². The molecule has 1 atom stereocenters. The fourth-order valence-electron chi connectivity index (χ4n) is 2.99. The number of carbonyl (C=O) groups excluding carboxylic acids is 1. The minimum absolute atomic E-state index is 0.118. The summed E-state index contributed by atoms with van der Waals surface area (Å²) in [4.78, 5) is 16.6. The maximum atomic E-state index is 12.1. The van der Waals surface area contributed by atoms with Gasteiger partial charge in [0.15, 0.2) is 0 Å². The van der Waals surface area contributed by atoms with E-state index in [1.165, 1.54) is 25.8 Å². The molecule has 3 rings (SSSR count). The summed E-state index contributed by atoms with van der Waals surface area (Å²) in [5.41, 5.74) is -0.118. The number of nitrogens with zero attached hydrogens (tertiary/aromatic N) is 2. The number of hydrogen-bond acceptors (Lipinski definition) is 3. The van der Waals surface area contributed by atoms with Crippen molar-refractivity contribution in [3.05, 3.63) is 0 Å². The van der Waals surface area contributed by atoms with Gasteiger partial charge in [0.25, 0.3) is 0 Å². The summed E-state index contributed by atoms with van der Waals surface area (Å²) in [6.45, 7) is 2.87. The molecule has 2 aliphatic heterocycles. The molecule has 3 aliphatic rings. The highest BCUT2D eigenvalue weighted by atomic mass is 16.2. The number of piperidine rings is 1. The Morgan fingerprint density at radius 2 is 2.25 bits per heavy atom.